The molecule has 0 bridgehead atoms. The molecule has 1 heterocycles. The first-order valence-corrected chi connectivity index (χ1v) is 6.44. The van der Waals surface area contributed by atoms with Gasteiger partial charge in [-0.05, 0) is 26.7 Å². The fraction of sp³-hybridized carbons (Fsp3) is 0.727. The van der Waals surface area contributed by atoms with Gasteiger partial charge in [-0.15, -0.1) is 11.3 Å². The van der Waals surface area contributed by atoms with E-state index in [0.29, 0.717) is 18.2 Å². The smallest absolute Gasteiger partial charge is 0.109 e. The van der Waals surface area contributed by atoms with Gasteiger partial charge in [-0.1, -0.05) is 0 Å². The Kier molecular flexibility index (Phi) is 3.72. The average Bonchev–Trinajstić information content (AvgIpc) is 2.67. The Bertz CT molecular complexity index is 283. The first-order chi connectivity index (χ1) is 7.29. The van der Waals surface area contributed by atoms with Gasteiger partial charge in [0, 0.05) is 24.2 Å². The van der Waals surface area contributed by atoms with E-state index in [4.69, 9.17) is 4.74 Å². The molecular weight excluding hydrogens is 208 g/mol. The van der Waals surface area contributed by atoms with Crippen LogP contribution in [0, 0.1) is 0 Å². The topological polar surface area (TPSA) is 34.1 Å². The molecule has 1 unspecified atom stereocenters. The molecule has 4 heteroatoms. The van der Waals surface area contributed by atoms with E-state index in [9.17, 15) is 0 Å². The van der Waals surface area contributed by atoms with Crippen molar-refractivity contribution in [2.75, 3.05) is 6.61 Å². The van der Waals surface area contributed by atoms with Crippen LogP contribution in [0.4, 0.5) is 0 Å². The van der Waals surface area contributed by atoms with Crippen LogP contribution in [0.25, 0.3) is 0 Å². The highest BCUT2D eigenvalue weighted by Gasteiger charge is 2.30. The lowest BCUT2D eigenvalue weighted by molar-refractivity contribution is -0.0120. The SMILES string of the molecule is CCOC1CC(NC(C)c2nccs2)C1. The number of aromatic nitrogens is 1. The van der Waals surface area contributed by atoms with Gasteiger partial charge in [0.1, 0.15) is 5.01 Å². The van der Waals surface area contributed by atoms with Crippen molar-refractivity contribution in [1.29, 1.82) is 0 Å². The van der Waals surface area contributed by atoms with E-state index >= 15 is 0 Å². The average molecular weight is 226 g/mol. The number of nitrogens with zero attached hydrogens (tertiary/aromatic N) is 1. The Balaban J connectivity index is 1.71. The van der Waals surface area contributed by atoms with Gasteiger partial charge in [-0.3, -0.25) is 0 Å². The monoisotopic (exact) mass is 226 g/mol. The molecule has 0 saturated heterocycles. The maximum atomic E-state index is 5.53. The van der Waals surface area contributed by atoms with Gasteiger partial charge in [0.2, 0.25) is 0 Å². The quantitative estimate of drug-likeness (QED) is 0.837. The third-order valence-electron chi connectivity index (χ3n) is 2.80. The van der Waals surface area contributed by atoms with Gasteiger partial charge >= 0.3 is 0 Å². The number of thiazole rings is 1. The molecule has 1 aromatic heterocycles. The van der Waals surface area contributed by atoms with Crippen LogP contribution in [0.15, 0.2) is 11.6 Å². The molecule has 1 atom stereocenters. The zero-order chi connectivity index (χ0) is 10.7. The van der Waals surface area contributed by atoms with Crippen LogP contribution in [0.3, 0.4) is 0 Å². The predicted octanol–water partition coefficient (Wildman–Crippen LogP) is 2.36. The second-order valence-electron chi connectivity index (χ2n) is 4.00. The summed E-state index contributed by atoms with van der Waals surface area (Å²) in [5.41, 5.74) is 0. The van der Waals surface area contributed by atoms with Gasteiger partial charge in [-0.2, -0.15) is 0 Å². The highest BCUT2D eigenvalue weighted by Crippen LogP contribution is 2.26. The van der Waals surface area contributed by atoms with Crippen molar-refractivity contribution in [3.8, 4) is 0 Å². The van der Waals surface area contributed by atoms with Crippen LogP contribution in [0.2, 0.25) is 0 Å². The molecule has 1 fully saturated rings. The van der Waals surface area contributed by atoms with E-state index in [-0.39, 0.29) is 0 Å². The van der Waals surface area contributed by atoms with E-state index < -0.39 is 0 Å². The largest absolute Gasteiger partial charge is 0.378 e. The number of hydrogen-bond acceptors (Lipinski definition) is 4. The first-order valence-electron chi connectivity index (χ1n) is 5.56. The molecule has 84 valence electrons. The third kappa shape index (κ3) is 2.77. The van der Waals surface area contributed by atoms with Crippen LogP contribution in [-0.4, -0.2) is 23.7 Å². The summed E-state index contributed by atoms with van der Waals surface area (Å²) in [6, 6.07) is 0.984. The third-order valence-corrected chi connectivity index (χ3v) is 3.76. The fourth-order valence-electron chi connectivity index (χ4n) is 1.95. The molecule has 1 saturated carbocycles. The highest BCUT2D eigenvalue weighted by atomic mass is 32.1. The number of ether oxygens (including phenoxy) is 1. The Hall–Kier alpha value is -0.450. The molecular formula is C11H18N2OS. The minimum Gasteiger partial charge on any atom is -0.378 e. The molecule has 1 N–H and O–H groups in total. The number of nitrogens with one attached hydrogen (secondary N) is 1. The lowest BCUT2D eigenvalue weighted by Crippen LogP contribution is -2.46. The summed E-state index contributed by atoms with van der Waals surface area (Å²) in [7, 11) is 0. The molecule has 0 aromatic carbocycles. The molecule has 0 amide bonds. The summed E-state index contributed by atoms with van der Waals surface area (Å²) in [6.07, 6.45) is 4.63. The molecule has 0 radical (unpaired) electrons. The van der Waals surface area contributed by atoms with E-state index in [0.717, 1.165) is 19.4 Å². The van der Waals surface area contributed by atoms with Crippen molar-refractivity contribution in [3.63, 3.8) is 0 Å². The van der Waals surface area contributed by atoms with Crippen LogP contribution in [0.1, 0.15) is 37.7 Å². The van der Waals surface area contributed by atoms with E-state index in [2.05, 4.69) is 24.1 Å². The van der Waals surface area contributed by atoms with Gasteiger partial charge in [0.15, 0.2) is 0 Å². The Morgan fingerprint density at radius 2 is 2.47 bits per heavy atom. The van der Waals surface area contributed by atoms with Crippen LogP contribution in [0.5, 0.6) is 0 Å². The van der Waals surface area contributed by atoms with E-state index in [1.807, 2.05) is 11.6 Å². The normalized spacial score (nSPS) is 27.3. The lowest BCUT2D eigenvalue weighted by Gasteiger charge is -2.37. The summed E-state index contributed by atoms with van der Waals surface area (Å²) in [6.45, 7) is 5.06. The minimum atomic E-state index is 0.373. The van der Waals surface area contributed by atoms with Gasteiger partial charge in [-0.25, -0.2) is 4.98 Å². The predicted molar refractivity (Wildman–Crippen MR) is 62.1 cm³/mol. The Morgan fingerprint density at radius 3 is 3.07 bits per heavy atom. The van der Waals surface area contributed by atoms with Crippen molar-refractivity contribution >= 4 is 11.3 Å². The Morgan fingerprint density at radius 1 is 1.67 bits per heavy atom. The number of rotatable bonds is 5. The van der Waals surface area contributed by atoms with Gasteiger partial charge in [0.05, 0.1) is 12.1 Å². The van der Waals surface area contributed by atoms with Gasteiger partial charge < -0.3 is 10.1 Å². The summed E-state index contributed by atoms with van der Waals surface area (Å²) >= 11 is 1.71. The standard InChI is InChI=1S/C11H18N2OS/c1-3-14-10-6-9(7-10)13-8(2)11-12-4-5-15-11/h4-5,8-10,13H,3,6-7H2,1-2H3. The zero-order valence-electron chi connectivity index (χ0n) is 9.27. The van der Waals surface area contributed by atoms with Crippen molar-refractivity contribution in [1.82, 2.24) is 10.3 Å². The van der Waals surface area contributed by atoms with Crippen molar-refractivity contribution in [2.24, 2.45) is 0 Å². The summed E-state index contributed by atoms with van der Waals surface area (Å²) in [5, 5.41) is 6.78. The van der Waals surface area contributed by atoms with Crippen LogP contribution >= 0.6 is 11.3 Å². The van der Waals surface area contributed by atoms with E-state index in [1.54, 1.807) is 11.3 Å². The molecule has 15 heavy (non-hydrogen) atoms. The molecule has 2 rings (SSSR count). The zero-order valence-corrected chi connectivity index (χ0v) is 10.1. The summed E-state index contributed by atoms with van der Waals surface area (Å²) in [5.74, 6) is 0. The molecule has 1 aliphatic carbocycles. The molecule has 1 aliphatic rings. The maximum absolute atomic E-state index is 5.53. The summed E-state index contributed by atoms with van der Waals surface area (Å²) < 4.78 is 5.53. The minimum absolute atomic E-state index is 0.373. The van der Waals surface area contributed by atoms with Crippen LogP contribution in [-0.2, 0) is 4.74 Å². The van der Waals surface area contributed by atoms with E-state index in [1.165, 1.54) is 5.01 Å². The number of hydrogen-bond donors (Lipinski definition) is 1. The van der Waals surface area contributed by atoms with Crippen molar-refractivity contribution in [3.05, 3.63) is 16.6 Å². The second-order valence-corrected chi connectivity index (χ2v) is 4.93. The molecule has 3 nitrogen and oxygen atoms in total. The molecule has 1 aromatic rings. The fourth-order valence-corrected chi connectivity index (χ4v) is 2.60. The molecule has 0 aliphatic heterocycles. The first kappa shape index (κ1) is 11.0. The second kappa shape index (κ2) is 5.05. The Labute approximate surface area is 94.9 Å². The van der Waals surface area contributed by atoms with Gasteiger partial charge in [0.25, 0.3) is 0 Å². The highest BCUT2D eigenvalue weighted by molar-refractivity contribution is 7.09. The summed E-state index contributed by atoms with van der Waals surface area (Å²) in [4.78, 5) is 4.31. The van der Waals surface area contributed by atoms with Crippen molar-refractivity contribution < 1.29 is 4.74 Å². The molecule has 0 spiro atoms. The maximum Gasteiger partial charge on any atom is 0.109 e. The van der Waals surface area contributed by atoms with Crippen LogP contribution < -0.4 is 5.32 Å². The lowest BCUT2D eigenvalue weighted by atomic mass is 9.88. The van der Waals surface area contributed by atoms with Crippen molar-refractivity contribution in [2.45, 2.75) is 44.9 Å².